The fourth-order valence-electron chi connectivity index (χ4n) is 2.15. The van der Waals surface area contributed by atoms with Gasteiger partial charge in [0.1, 0.15) is 10.6 Å². The fraction of sp³-hybridized carbons (Fsp3) is 0.312. The second-order valence-corrected chi connectivity index (χ2v) is 5.84. The first-order valence-electron chi connectivity index (χ1n) is 6.62. The summed E-state index contributed by atoms with van der Waals surface area (Å²) in [6.45, 7) is 2.01. The number of hydrogen-bond donors (Lipinski definition) is 0. The lowest BCUT2D eigenvalue weighted by atomic mass is 10.0. The van der Waals surface area contributed by atoms with Gasteiger partial charge in [-0.2, -0.15) is 0 Å². The van der Waals surface area contributed by atoms with E-state index in [1.54, 1.807) is 0 Å². The van der Waals surface area contributed by atoms with E-state index in [-0.39, 0.29) is 5.97 Å². The lowest BCUT2D eigenvalue weighted by Crippen LogP contribution is -2.01. The molecule has 0 aliphatic heterocycles. The van der Waals surface area contributed by atoms with Crippen LogP contribution in [0.5, 0.6) is 5.75 Å². The van der Waals surface area contributed by atoms with Gasteiger partial charge in [-0.05, 0) is 48.4 Å². The molecule has 1 aliphatic carbocycles. The van der Waals surface area contributed by atoms with Gasteiger partial charge in [0.15, 0.2) is 0 Å². The fourth-order valence-corrected chi connectivity index (χ4v) is 3.14. The molecule has 0 radical (unpaired) electrons. The first kappa shape index (κ1) is 13.2. The Balaban J connectivity index is 1.99. The highest BCUT2D eigenvalue weighted by Gasteiger charge is 2.24. The van der Waals surface area contributed by atoms with E-state index in [0.29, 0.717) is 11.0 Å². The third-order valence-corrected chi connectivity index (χ3v) is 4.37. The molecule has 4 heteroatoms. The molecule has 20 heavy (non-hydrogen) atoms. The zero-order valence-corrected chi connectivity index (χ0v) is 12.3. The van der Waals surface area contributed by atoms with Gasteiger partial charge in [-0.15, -0.1) is 11.3 Å². The van der Waals surface area contributed by atoms with E-state index >= 15 is 0 Å². The second-order valence-electron chi connectivity index (χ2n) is 4.96. The highest BCUT2D eigenvalue weighted by atomic mass is 32.1. The molecule has 1 fully saturated rings. The molecule has 0 saturated heterocycles. The van der Waals surface area contributed by atoms with Crippen molar-refractivity contribution in [2.24, 2.45) is 0 Å². The Morgan fingerprint density at radius 1 is 1.35 bits per heavy atom. The molecule has 1 saturated carbocycles. The van der Waals surface area contributed by atoms with Gasteiger partial charge in [0.2, 0.25) is 0 Å². The van der Waals surface area contributed by atoms with Gasteiger partial charge in [0, 0.05) is 5.56 Å². The van der Waals surface area contributed by atoms with Crippen LogP contribution in [0, 0.1) is 6.92 Å². The highest BCUT2D eigenvalue weighted by molar-refractivity contribution is 7.12. The van der Waals surface area contributed by atoms with Crippen molar-refractivity contribution in [1.82, 2.24) is 0 Å². The predicted molar refractivity (Wildman–Crippen MR) is 79.5 cm³/mol. The van der Waals surface area contributed by atoms with Crippen LogP contribution in [0.1, 0.15) is 28.1 Å². The number of methoxy groups -OCH3 is 1. The number of thiophene rings is 1. The molecule has 0 atom stereocenters. The maximum Gasteiger partial charge on any atom is 0.348 e. The Morgan fingerprint density at radius 2 is 2.15 bits per heavy atom. The molecule has 1 aromatic heterocycles. The van der Waals surface area contributed by atoms with Gasteiger partial charge >= 0.3 is 5.97 Å². The SMILES string of the molecule is COC(=O)c1scc(C)c1-c1cccc(OC2CC2)c1. The van der Waals surface area contributed by atoms with Crippen LogP contribution in [-0.4, -0.2) is 19.2 Å². The minimum Gasteiger partial charge on any atom is -0.490 e. The van der Waals surface area contributed by atoms with Crippen molar-refractivity contribution in [2.45, 2.75) is 25.9 Å². The van der Waals surface area contributed by atoms with Gasteiger partial charge in [-0.1, -0.05) is 12.1 Å². The number of ether oxygens (including phenoxy) is 2. The Hall–Kier alpha value is -1.81. The monoisotopic (exact) mass is 288 g/mol. The maximum absolute atomic E-state index is 11.9. The van der Waals surface area contributed by atoms with Gasteiger partial charge in [-0.3, -0.25) is 0 Å². The normalized spacial score (nSPS) is 14.1. The number of carbonyl (C=O) groups excluding carboxylic acids is 1. The van der Waals surface area contributed by atoms with Crippen molar-refractivity contribution in [3.05, 3.63) is 40.1 Å². The lowest BCUT2D eigenvalue weighted by molar-refractivity contribution is 0.0607. The zero-order chi connectivity index (χ0) is 14.1. The molecule has 1 aliphatic rings. The van der Waals surface area contributed by atoms with E-state index < -0.39 is 0 Å². The van der Waals surface area contributed by atoms with Crippen LogP contribution in [0.2, 0.25) is 0 Å². The third kappa shape index (κ3) is 2.56. The zero-order valence-electron chi connectivity index (χ0n) is 11.5. The van der Waals surface area contributed by atoms with E-state index in [0.717, 1.165) is 35.3 Å². The van der Waals surface area contributed by atoms with Crippen molar-refractivity contribution in [3.8, 4) is 16.9 Å². The second kappa shape index (κ2) is 5.29. The van der Waals surface area contributed by atoms with E-state index in [1.807, 2.05) is 36.6 Å². The number of aryl methyl sites for hydroxylation is 1. The molecule has 0 N–H and O–H groups in total. The van der Waals surface area contributed by atoms with Crippen LogP contribution in [0.25, 0.3) is 11.1 Å². The summed E-state index contributed by atoms with van der Waals surface area (Å²) in [5.41, 5.74) is 3.03. The molecule has 104 valence electrons. The smallest absolute Gasteiger partial charge is 0.348 e. The van der Waals surface area contributed by atoms with Gasteiger partial charge in [0.05, 0.1) is 13.2 Å². The molecule has 0 bridgehead atoms. The Bertz CT molecular complexity index is 641. The topological polar surface area (TPSA) is 35.5 Å². The number of rotatable bonds is 4. The minimum absolute atomic E-state index is 0.286. The van der Waals surface area contributed by atoms with E-state index in [2.05, 4.69) is 0 Å². The number of hydrogen-bond acceptors (Lipinski definition) is 4. The van der Waals surface area contributed by atoms with Crippen LogP contribution in [0.3, 0.4) is 0 Å². The lowest BCUT2D eigenvalue weighted by Gasteiger charge is -2.08. The Morgan fingerprint density at radius 3 is 2.85 bits per heavy atom. The number of benzene rings is 1. The van der Waals surface area contributed by atoms with Crippen LogP contribution in [0.4, 0.5) is 0 Å². The molecule has 2 aromatic rings. The maximum atomic E-state index is 11.9. The van der Waals surface area contributed by atoms with Gasteiger partial charge in [-0.25, -0.2) is 4.79 Å². The molecule has 1 aromatic carbocycles. The average molecular weight is 288 g/mol. The van der Waals surface area contributed by atoms with E-state index in [4.69, 9.17) is 9.47 Å². The molecular weight excluding hydrogens is 272 g/mol. The average Bonchev–Trinajstić information content (AvgIpc) is 3.18. The molecule has 0 unspecified atom stereocenters. The number of esters is 1. The first-order chi connectivity index (χ1) is 9.69. The van der Waals surface area contributed by atoms with Crippen molar-refractivity contribution < 1.29 is 14.3 Å². The van der Waals surface area contributed by atoms with Crippen molar-refractivity contribution in [3.63, 3.8) is 0 Å². The summed E-state index contributed by atoms with van der Waals surface area (Å²) in [5.74, 6) is 0.582. The summed E-state index contributed by atoms with van der Waals surface area (Å²) in [5, 5.41) is 1.98. The third-order valence-electron chi connectivity index (χ3n) is 3.30. The summed E-state index contributed by atoms with van der Waals surface area (Å²) in [7, 11) is 1.41. The highest BCUT2D eigenvalue weighted by Crippen LogP contribution is 2.35. The number of carbonyl (C=O) groups is 1. The largest absolute Gasteiger partial charge is 0.490 e. The van der Waals surface area contributed by atoms with Gasteiger partial charge in [0.25, 0.3) is 0 Å². The van der Waals surface area contributed by atoms with Crippen LogP contribution < -0.4 is 4.74 Å². The molecule has 1 heterocycles. The molecule has 3 rings (SSSR count). The summed E-state index contributed by atoms with van der Waals surface area (Å²) < 4.78 is 10.7. The standard InChI is InChI=1S/C16H16O3S/c1-10-9-20-15(16(17)18-2)14(10)11-4-3-5-13(8-11)19-12-6-7-12/h3-5,8-9,12H,6-7H2,1-2H3. The molecule has 3 nitrogen and oxygen atoms in total. The molecule has 0 spiro atoms. The Kier molecular flexibility index (Phi) is 3.49. The van der Waals surface area contributed by atoms with Gasteiger partial charge < -0.3 is 9.47 Å². The van der Waals surface area contributed by atoms with Crippen molar-refractivity contribution in [2.75, 3.05) is 7.11 Å². The quantitative estimate of drug-likeness (QED) is 0.796. The summed E-state index contributed by atoms with van der Waals surface area (Å²) in [6.07, 6.45) is 2.64. The summed E-state index contributed by atoms with van der Waals surface area (Å²) in [6, 6.07) is 7.92. The van der Waals surface area contributed by atoms with Crippen molar-refractivity contribution >= 4 is 17.3 Å². The van der Waals surface area contributed by atoms with Crippen molar-refractivity contribution in [1.29, 1.82) is 0 Å². The molecule has 0 amide bonds. The van der Waals surface area contributed by atoms with Crippen LogP contribution in [0.15, 0.2) is 29.6 Å². The van der Waals surface area contributed by atoms with Crippen LogP contribution in [-0.2, 0) is 4.74 Å². The van der Waals surface area contributed by atoms with E-state index in [9.17, 15) is 4.79 Å². The van der Waals surface area contributed by atoms with Crippen LogP contribution >= 0.6 is 11.3 Å². The summed E-state index contributed by atoms with van der Waals surface area (Å²) >= 11 is 1.42. The first-order valence-corrected chi connectivity index (χ1v) is 7.50. The predicted octanol–water partition coefficient (Wildman–Crippen LogP) is 4.05. The molecular formula is C16H16O3S. The van der Waals surface area contributed by atoms with E-state index in [1.165, 1.54) is 18.4 Å². The minimum atomic E-state index is -0.286. The summed E-state index contributed by atoms with van der Waals surface area (Å²) in [4.78, 5) is 12.5. The Labute approximate surface area is 122 Å².